The zero-order valence-electron chi connectivity index (χ0n) is 15.5. The molecule has 0 aliphatic heterocycles. The van der Waals surface area contributed by atoms with Crippen molar-refractivity contribution in [3.63, 3.8) is 0 Å². The molecule has 0 unspecified atom stereocenters. The third kappa shape index (κ3) is 4.07. The van der Waals surface area contributed by atoms with Crippen molar-refractivity contribution in [3.05, 3.63) is 102 Å². The van der Waals surface area contributed by atoms with Crippen LogP contribution in [0.3, 0.4) is 0 Å². The Morgan fingerprint density at radius 1 is 0.893 bits per heavy atom. The van der Waals surface area contributed by atoms with Gasteiger partial charge in [0.2, 0.25) is 0 Å². The summed E-state index contributed by atoms with van der Waals surface area (Å²) in [7, 11) is 0. The number of para-hydroxylation sites is 2. The third-order valence-corrected chi connectivity index (χ3v) is 4.82. The molecule has 0 saturated heterocycles. The largest absolute Gasteiger partial charge is 0.484 e. The Kier molecular flexibility index (Phi) is 5.38. The van der Waals surface area contributed by atoms with E-state index in [-0.39, 0.29) is 18.4 Å². The molecule has 3 aromatic carbocycles. The van der Waals surface area contributed by atoms with E-state index in [2.05, 4.69) is 34.6 Å². The van der Waals surface area contributed by atoms with Gasteiger partial charge in [-0.05, 0) is 29.3 Å². The number of nitrogens with one attached hydrogen (secondary N) is 2. The van der Waals surface area contributed by atoms with E-state index >= 15 is 0 Å². The highest BCUT2D eigenvalue weighted by Gasteiger charge is 2.19. The summed E-state index contributed by atoms with van der Waals surface area (Å²) in [6.45, 7) is 0.502. The summed E-state index contributed by atoms with van der Waals surface area (Å²) < 4.78 is 5.55. The second-order valence-electron chi connectivity index (χ2n) is 6.66. The molecule has 0 aliphatic rings. The monoisotopic (exact) mass is 370 g/mol. The van der Waals surface area contributed by atoms with Gasteiger partial charge in [0.05, 0.1) is 0 Å². The van der Waals surface area contributed by atoms with E-state index in [1.807, 2.05) is 66.9 Å². The average molecular weight is 370 g/mol. The molecule has 1 aromatic heterocycles. The lowest BCUT2D eigenvalue weighted by molar-refractivity contribution is -0.123. The Hall–Kier alpha value is -3.53. The van der Waals surface area contributed by atoms with Crippen LogP contribution < -0.4 is 10.1 Å². The number of hydrogen-bond acceptors (Lipinski definition) is 2. The number of carbonyl (C=O) groups is 1. The third-order valence-electron chi connectivity index (χ3n) is 4.82. The maximum atomic E-state index is 12.3. The van der Waals surface area contributed by atoms with Gasteiger partial charge < -0.3 is 15.0 Å². The SMILES string of the molecule is O=C(COc1ccccc1)NC[C@@H](c1ccccc1)c1c[nH]c2ccccc12. The van der Waals surface area contributed by atoms with E-state index in [0.717, 1.165) is 11.1 Å². The van der Waals surface area contributed by atoms with Gasteiger partial charge in [-0.2, -0.15) is 0 Å². The van der Waals surface area contributed by atoms with Crippen molar-refractivity contribution in [1.29, 1.82) is 0 Å². The molecule has 140 valence electrons. The summed E-state index contributed by atoms with van der Waals surface area (Å²) in [4.78, 5) is 15.7. The molecular formula is C24H22N2O2. The fourth-order valence-corrected chi connectivity index (χ4v) is 3.41. The first kappa shape index (κ1) is 17.9. The molecule has 28 heavy (non-hydrogen) atoms. The summed E-state index contributed by atoms with van der Waals surface area (Å²) in [5.74, 6) is 0.608. The van der Waals surface area contributed by atoms with E-state index in [4.69, 9.17) is 4.74 Å². The van der Waals surface area contributed by atoms with E-state index in [9.17, 15) is 4.79 Å². The molecule has 0 saturated carbocycles. The summed E-state index contributed by atoms with van der Waals surface area (Å²) in [5.41, 5.74) is 3.43. The molecule has 1 atom stereocenters. The number of benzene rings is 3. The van der Waals surface area contributed by atoms with Crippen molar-refractivity contribution in [3.8, 4) is 5.75 Å². The number of hydrogen-bond donors (Lipinski definition) is 2. The minimum absolute atomic E-state index is 0.000588. The number of H-pyrrole nitrogens is 1. The minimum Gasteiger partial charge on any atom is -0.484 e. The highest BCUT2D eigenvalue weighted by Crippen LogP contribution is 2.30. The molecule has 0 bridgehead atoms. The molecule has 0 radical (unpaired) electrons. The van der Waals surface area contributed by atoms with Gasteiger partial charge in [-0.25, -0.2) is 0 Å². The Bertz CT molecular complexity index is 1040. The number of aromatic nitrogens is 1. The summed E-state index contributed by atoms with van der Waals surface area (Å²) in [6, 6.07) is 27.8. The number of fused-ring (bicyclic) bond motifs is 1. The average Bonchev–Trinajstić information content (AvgIpc) is 3.18. The second kappa shape index (κ2) is 8.44. The van der Waals surface area contributed by atoms with Gasteiger partial charge in [-0.3, -0.25) is 4.79 Å². The van der Waals surface area contributed by atoms with Gasteiger partial charge in [-0.1, -0.05) is 66.7 Å². The zero-order valence-corrected chi connectivity index (χ0v) is 15.5. The van der Waals surface area contributed by atoms with Crippen LogP contribution in [-0.4, -0.2) is 24.0 Å². The lowest BCUT2D eigenvalue weighted by Crippen LogP contribution is -2.32. The van der Waals surface area contributed by atoms with Crippen molar-refractivity contribution in [1.82, 2.24) is 10.3 Å². The number of ether oxygens (including phenoxy) is 1. The van der Waals surface area contributed by atoms with Crippen LogP contribution in [0, 0.1) is 0 Å². The molecule has 2 N–H and O–H groups in total. The molecule has 0 spiro atoms. The Morgan fingerprint density at radius 2 is 1.57 bits per heavy atom. The normalized spacial score (nSPS) is 11.9. The summed E-state index contributed by atoms with van der Waals surface area (Å²) >= 11 is 0. The standard InChI is InChI=1S/C24H22N2O2/c27-24(17-28-19-11-5-2-6-12-19)26-15-21(18-9-3-1-4-10-18)22-16-25-23-14-8-7-13-20(22)23/h1-14,16,21,25H,15,17H2,(H,26,27)/t21-/m0/s1. The van der Waals surface area contributed by atoms with Crippen LogP contribution in [0.15, 0.2) is 91.1 Å². The van der Waals surface area contributed by atoms with Crippen LogP contribution in [0.25, 0.3) is 10.9 Å². The fourth-order valence-electron chi connectivity index (χ4n) is 3.41. The van der Waals surface area contributed by atoms with Gasteiger partial charge in [0.15, 0.2) is 6.61 Å². The predicted molar refractivity (Wildman–Crippen MR) is 112 cm³/mol. The number of carbonyl (C=O) groups excluding carboxylic acids is 1. The smallest absolute Gasteiger partial charge is 0.257 e. The summed E-state index contributed by atoms with van der Waals surface area (Å²) in [5, 5.41) is 4.20. The van der Waals surface area contributed by atoms with Crippen LogP contribution >= 0.6 is 0 Å². The van der Waals surface area contributed by atoms with Crippen molar-refractivity contribution in [2.24, 2.45) is 0 Å². The van der Waals surface area contributed by atoms with Crippen LogP contribution in [-0.2, 0) is 4.79 Å². The highest BCUT2D eigenvalue weighted by molar-refractivity contribution is 5.84. The van der Waals surface area contributed by atoms with Crippen LogP contribution in [0.1, 0.15) is 17.0 Å². The second-order valence-corrected chi connectivity index (χ2v) is 6.66. The summed E-state index contributed by atoms with van der Waals surface area (Å²) in [6.07, 6.45) is 2.04. The zero-order chi connectivity index (χ0) is 19.2. The van der Waals surface area contributed by atoms with E-state index in [1.165, 1.54) is 10.9 Å². The van der Waals surface area contributed by atoms with Crippen molar-refractivity contribution in [2.75, 3.05) is 13.2 Å². The molecule has 0 aliphatic carbocycles. The molecular weight excluding hydrogens is 348 g/mol. The van der Waals surface area contributed by atoms with Crippen LogP contribution in [0.5, 0.6) is 5.75 Å². The van der Waals surface area contributed by atoms with Crippen molar-refractivity contribution < 1.29 is 9.53 Å². The molecule has 1 heterocycles. The maximum Gasteiger partial charge on any atom is 0.257 e. The van der Waals surface area contributed by atoms with Crippen LogP contribution in [0.2, 0.25) is 0 Å². The number of rotatable bonds is 7. The van der Waals surface area contributed by atoms with Gasteiger partial charge in [0.25, 0.3) is 5.91 Å². The topological polar surface area (TPSA) is 54.1 Å². The van der Waals surface area contributed by atoms with Gasteiger partial charge in [0, 0.05) is 29.6 Å². The first-order valence-electron chi connectivity index (χ1n) is 9.37. The van der Waals surface area contributed by atoms with Crippen molar-refractivity contribution in [2.45, 2.75) is 5.92 Å². The number of aromatic amines is 1. The molecule has 4 rings (SSSR count). The van der Waals surface area contributed by atoms with Crippen molar-refractivity contribution >= 4 is 16.8 Å². The van der Waals surface area contributed by atoms with Gasteiger partial charge in [0.1, 0.15) is 5.75 Å². The predicted octanol–water partition coefficient (Wildman–Crippen LogP) is 4.50. The lowest BCUT2D eigenvalue weighted by atomic mass is 9.91. The maximum absolute atomic E-state index is 12.3. The lowest BCUT2D eigenvalue weighted by Gasteiger charge is -2.18. The Labute approximate surface area is 164 Å². The van der Waals surface area contributed by atoms with E-state index in [1.54, 1.807) is 0 Å². The fraction of sp³-hybridized carbons (Fsp3) is 0.125. The van der Waals surface area contributed by atoms with Crippen LogP contribution in [0.4, 0.5) is 0 Å². The molecule has 0 fully saturated rings. The van der Waals surface area contributed by atoms with E-state index < -0.39 is 0 Å². The Morgan fingerprint density at radius 3 is 2.36 bits per heavy atom. The highest BCUT2D eigenvalue weighted by atomic mass is 16.5. The molecule has 4 heteroatoms. The first-order valence-corrected chi connectivity index (χ1v) is 9.37. The number of amides is 1. The minimum atomic E-state index is -0.135. The quantitative estimate of drug-likeness (QED) is 0.503. The van der Waals surface area contributed by atoms with E-state index in [0.29, 0.717) is 12.3 Å². The Balaban J connectivity index is 1.49. The van der Waals surface area contributed by atoms with Gasteiger partial charge >= 0.3 is 0 Å². The molecule has 1 amide bonds. The molecule has 4 nitrogen and oxygen atoms in total. The molecule has 4 aromatic rings. The van der Waals surface area contributed by atoms with Gasteiger partial charge in [-0.15, -0.1) is 0 Å². The first-order chi connectivity index (χ1) is 13.8.